The van der Waals surface area contributed by atoms with Crippen LogP contribution < -0.4 is 0 Å². The van der Waals surface area contributed by atoms with E-state index >= 15 is 0 Å². The maximum Gasteiger partial charge on any atom is 0.0540 e. The summed E-state index contributed by atoms with van der Waals surface area (Å²) >= 11 is 0. The van der Waals surface area contributed by atoms with E-state index in [1.54, 1.807) is 0 Å². The molecule has 0 heterocycles. The molecule has 0 bridgehead atoms. The molecule has 0 spiro atoms. The van der Waals surface area contributed by atoms with Gasteiger partial charge in [-0.3, -0.25) is 0 Å². The van der Waals surface area contributed by atoms with Crippen LogP contribution in [0, 0.1) is 5.92 Å². The largest absolute Gasteiger partial charge is 0.393 e. The molecule has 1 N–H and O–H groups in total. The van der Waals surface area contributed by atoms with Crippen molar-refractivity contribution in [1.82, 2.24) is 0 Å². The van der Waals surface area contributed by atoms with Gasteiger partial charge < -0.3 is 5.11 Å². The van der Waals surface area contributed by atoms with Crippen LogP contribution in [0.15, 0.2) is 0 Å². The zero-order valence-electron chi connectivity index (χ0n) is 8.14. The van der Waals surface area contributed by atoms with Crippen molar-refractivity contribution < 1.29 is 5.11 Å². The minimum absolute atomic E-state index is 0.0472. The zero-order valence-corrected chi connectivity index (χ0v) is 8.14. The molecule has 0 saturated heterocycles. The summed E-state index contributed by atoms with van der Waals surface area (Å²) in [7, 11) is 0. The van der Waals surface area contributed by atoms with Gasteiger partial charge in [-0.2, -0.15) is 0 Å². The van der Waals surface area contributed by atoms with Crippen molar-refractivity contribution in [2.24, 2.45) is 5.92 Å². The lowest BCUT2D eigenvalue weighted by molar-refractivity contribution is 0.145. The van der Waals surface area contributed by atoms with Gasteiger partial charge in [0, 0.05) is 0 Å². The van der Waals surface area contributed by atoms with E-state index in [9.17, 15) is 5.11 Å². The third-order valence-corrected chi connectivity index (χ3v) is 2.31. The minimum atomic E-state index is -0.0472. The molecule has 0 aliphatic carbocycles. The summed E-state index contributed by atoms with van der Waals surface area (Å²) < 4.78 is 0. The topological polar surface area (TPSA) is 20.2 Å². The van der Waals surface area contributed by atoms with Crippen molar-refractivity contribution >= 4 is 0 Å². The molecular formula is C10H22O. The van der Waals surface area contributed by atoms with Crippen molar-refractivity contribution in [2.75, 3.05) is 0 Å². The van der Waals surface area contributed by atoms with E-state index in [0.717, 1.165) is 25.2 Å². The molecule has 1 heteroatoms. The third kappa shape index (κ3) is 6.36. The molecule has 0 aliphatic heterocycles. The summed E-state index contributed by atoms with van der Waals surface area (Å²) in [5.41, 5.74) is 0. The van der Waals surface area contributed by atoms with Gasteiger partial charge in [-0.05, 0) is 25.2 Å². The monoisotopic (exact) mass is 158 g/mol. The fourth-order valence-electron chi connectivity index (χ4n) is 1.16. The SMILES string of the molecule is CCC[C@H](O)CC[C@@H](C)CC. The highest BCUT2D eigenvalue weighted by Gasteiger charge is 2.04. The van der Waals surface area contributed by atoms with Gasteiger partial charge in [-0.1, -0.05) is 33.6 Å². The average Bonchev–Trinajstić information content (AvgIpc) is 2.01. The Hall–Kier alpha value is -0.0400. The highest BCUT2D eigenvalue weighted by Crippen LogP contribution is 2.13. The van der Waals surface area contributed by atoms with Crippen LogP contribution in [-0.4, -0.2) is 11.2 Å². The van der Waals surface area contributed by atoms with Crippen LogP contribution in [0.4, 0.5) is 0 Å². The van der Waals surface area contributed by atoms with Crippen molar-refractivity contribution in [3.05, 3.63) is 0 Å². The molecule has 11 heavy (non-hydrogen) atoms. The number of aliphatic hydroxyl groups is 1. The van der Waals surface area contributed by atoms with Crippen LogP contribution in [0.5, 0.6) is 0 Å². The van der Waals surface area contributed by atoms with E-state index in [0.29, 0.717) is 0 Å². The first-order valence-electron chi connectivity index (χ1n) is 4.88. The van der Waals surface area contributed by atoms with Crippen LogP contribution in [0.25, 0.3) is 0 Å². The molecule has 0 aromatic rings. The molecule has 0 aliphatic rings. The van der Waals surface area contributed by atoms with Gasteiger partial charge in [0.1, 0.15) is 0 Å². The molecule has 0 radical (unpaired) electrons. The Labute approximate surface area is 70.8 Å². The molecule has 0 fully saturated rings. The molecule has 0 saturated carbocycles. The van der Waals surface area contributed by atoms with Crippen molar-refractivity contribution in [3.8, 4) is 0 Å². The van der Waals surface area contributed by atoms with E-state index < -0.39 is 0 Å². The van der Waals surface area contributed by atoms with E-state index in [1.807, 2.05) is 0 Å². The lowest BCUT2D eigenvalue weighted by Crippen LogP contribution is -2.07. The van der Waals surface area contributed by atoms with Gasteiger partial charge in [-0.15, -0.1) is 0 Å². The Balaban J connectivity index is 3.22. The molecule has 0 amide bonds. The van der Waals surface area contributed by atoms with Gasteiger partial charge in [0.25, 0.3) is 0 Å². The van der Waals surface area contributed by atoms with Crippen molar-refractivity contribution in [2.45, 2.75) is 59.0 Å². The highest BCUT2D eigenvalue weighted by atomic mass is 16.3. The Kier molecular flexibility index (Phi) is 6.63. The summed E-state index contributed by atoms with van der Waals surface area (Å²) in [6, 6.07) is 0. The molecule has 0 rings (SSSR count). The summed E-state index contributed by atoms with van der Waals surface area (Å²) in [5.74, 6) is 0.779. The molecular weight excluding hydrogens is 136 g/mol. The van der Waals surface area contributed by atoms with Crippen LogP contribution >= 0.6 is 0 Å². The minimum Gasteiger partial charge on any atom is -0.393 e. The Morgan fingerprint density at radius 3 is 2.18 bits per heavy atom. The van der Waals surface area contributed by atoms with Gasteiger partial charge in [0.05, 0.1) is 6.10 Å². The van der Waals surface area contributed by atoms with Crippen LogP contribution in [0.3, 0.4) is 0 Å². The Bertz CT molecular complexity index is 80.9. The van der Waals surface area contributed by atoms with Gasteiger partial charge in [-0.25, -0.2) is 0 Å². The zero-order chi connectivity index (χ0) is 8.69. The third-order valence-electron chi connectivity index (χ3n) is 2.31. The fraction of sp³-hybridized carbons (Fsp3) is 1.00. The van der Waals surface area contributed by atoms with E-state index in [4.69, 9.17) is 0 Å². The number of rotatable bonds is 6. The molecule has 2 atom stereocenters. The Morgan fingerprint density at radius 2 is 1.73 bits per heavy atom. The van der Waals surface area contributed by atoms with Gasteiger partial charge in [0.15, 0.2) is 0 Å². The molecule has 0 aromatic heterocycles. The van der Waals surface area contributed by atoms with E-state index in [1.165, 1.54) is 12.8 Å². The lowest BCUT2D eigenvalue weighted by Gasteiger charge is -2.12. The number of aliphatic hydroxyl groups excluding tert-OH is 1. The van der Waals surface area contributed by atoms with Crippen LogP contribution in [0.2, 0.25) is 0 Å². The Morgan fingerprint density at radius 1 is 1.09 bits per heavy atom. The maximum atomic E-state index is 9.39. The predicted molar refractivity (Wildman–Crippen MR) is 49.6 cm³/mol. The smallest absolute Gasteiger partial charge is 0.0540 e. The first-order chi connectivity index (χ1) is 5.20. The molecule has 0 unspecified atom stereocenters. The van der Waals surface area contributed by atoms with Gasteiger partial charge >= 0.3 is 0 Å². The van der Waals surface area contributed by atoms with Crippen LogP contribution in [0.1, 0.15) is 52.9 Å². The summed E-state index contributed by atoms with van der Waals surface area (Å²) in [4.78, 5) is 0. The summed E-state index contributed by atoms with van der Waals surface area (Å²) in [6.45, 7) is 6.57. The summed E-state index contributed by atoms with van der Waals surface area (Å²) in [6.07, 6.45) is 5.42. The van der Waals surface area contributed by atoms with E-state index in [2.05, 4.69) is 20.8 Å². The van der Waals surface area contributed by atoms with Crippen molar-refractivity contribution in [3.63, 3.8) is 0 Å². The molecule has 68 valence electrons. The number of hydrogen-bond donors (Lipinski definition) is 1. The normalized spacial score (nSPS) is 16.4. The van der Waals surface area contributed by atoms with Gasteiger partial charge in [0.2, 0.25) is 0 Å². The lowest BCUT2D eigenvalue weighted by atomic mass is 9.99. The van der Waals surface area contributed by atoms with Crippen LogP contribution in [-0.2, 0) is 0 Å². The molecule has 1 nitrogen and oxygen atoms in total. The first-order valence-corrected chi connectivity index (χ1v) is 4.88. The molecule has 0 aromatic carbocycles. The summed E-state index contributed by atoms with van der Waals surface area (Å²) in [5, 5.41) is 9.39. The second kappa shape index (κ2) is 6.66. The standard InChI is InChI=1S/C10H22O/c1-4-6-10(11)8-7-9(3)5-2/h9-11H,4-8H2,1-3H3/t9-,10-/m0/s1. The second-order valence-electron chi connectivity index (χ2n) is 3.53. The predicted octanol–water partition coefficient (Wildman–Crippen LogP) is 2.97. The van der Waals surface area contributed by atoms with E-state index in [-0.39, 0.29) is 6.10 Å². The quantitative estimate of drug-likeness (QED) is 0.630. The maximum absolute atomic E-state index is 9.39. The second-order valence-corrected chi connectivity index (χ2v) is 3.53. The number of hydrogen-bond acceptors (Lipinski definition) is 1. The average molecular weight is 158 g/mol. The fourth-order valence-corrected chi connectivity index (χ4v) is 1.16. The highest BCUT2D eigenvalue weighted by molar-refractivity contribution is 4.57. The first kappa shape index (κ1) is 11.0. The van der Waals surface area contributed by atoms with Crippen molar-refractivity contribution in [1.29, 1.82) is 0 Å².